The van der Waals surface area contributed by atoms with Gasteiger partial charge in [0, 0.05) is 89.2 Å². The summed E-state index contributed by atoms with van der Waals surface area (Å²) in [4.78, 5) is 53.7. The van der Waals surface area contributed by atoms with Crippen molar-refractivity contribution in [1.29, 1.82) is 0 Å². The van der Waals surface area contributed by atoms with Crippen LogP contribution in [0.5, 0.6) is 5.75 Å². The molecule has 2 heterocycles. The molecule has 0 bridgehead atoms. The fourth-order valence-corrected chi connectivity index (χ4v) is 8.25. The highest BCUT2D eigenvalue weighted by atomic mass is 35.5. The Kier molecular flexibility index (Phi) is 10.5. The molecule has 4 aliphatic rings. The van der Waals surface area contributed by atoms with E-state index in [1.54, 1.807) is 24.3 Å². The SMILES string of the molecule is CN(C)c1ccc2c(-c3c(Cl)cc(C(=O)NCCc4ccc(-c5c6ccc(=O)cc-6oc6cc(O)ccc56)c(C(=O)O)c4)c(Cl)c3C(=O)O)c3ccc(=[N+](C)C)cc-3oc2c1. The van der Waals surface area contributed by atoms with Crippen molar-refractivity contribution >= 4 is 68.7 Å². The van der Waals surface area contributed by atoms with Gasteiger partial charge in [-0.2, -0.15) is 0 Å². The maximum atomic E-state index is 13.8. The molecule has 4 N–H and O–H groups in total. The number of hydrogen-bond acceptors (Lipinski definition) is 8. The maximum absolute atomic E-state index is 13.8. The minimum atomic E-state index is -1.40. The number of benzene rings is 6. The highest BCUT2D eigenvalue weighted by molar-refractivity contribution is 6.41. The second-order valence-electron chi connectivity index (χ2n) is 14.9. The molecule has 0 saturated carbocycles. The number of carboxylic acid groups (broad SMARTS) is 2. The van der Waals surface area contributed by atoms with E-state index in [1.807, 2.05) is 74.1 Å². The third-order valence-corrected chi connectivity index (χ3v) is 11.3. The molecule has 306 valence electrons. The van der Waals surface area contributed by atoms with Gasteiger partial charge >= 0.3 is 11.9 Å². The number of carbonyl (C=O) groups excluding carboxylic acids is 1. The van der Waals surface area contributed by atoms with Gasteiger partial charge in [-0.3, -0.25) is 9.59 Å². The van der Waals surface area contributed by atoms with Crippen LogP contribution in [0.3, 0.4) is 0 Å². The summed E-state index contributed by atoms with van der Waals surface area (Å²) in [5.74, 6) is -2.66. The molecule has 1 amide bonds. The summed E-state index contributed by atoms with van der Waals surface area (Å²) in [6, 6.07) is 26.0. The lowest BCUT2D eigenvalue weighted by Gasteiger charge is -2.21. The topological polar surface area (TPSA) is 174 Å². The zero-order valence-corrected chi connectivity index (χ0v) is 34.6. The van der Waals surface area contributed by atoms with Crippen molar-refractivity contribution in [1.82, 2.24) is 9.89 Å². The lowest BCUT2D eigenvalue weighted by Crippen LogP contribution is -2.26. The smallest absolute Gasteiger partial charge is 0.337 e. The number of rotatable bonds is 9. The highest BCUT2D eigenvalue weighted by Crippen LogP contribution is 2.47. The van der Waals surface area contributed by atoms with Crippen LogP contribution in [-0.4, -0.2) is 67.9 Å². The first-order valence-electron chi connectivity index (χ1n) is 18.9. The summed E-state index contributed by atoms with van der Waals surface area (Å²) < 4.78 is 14.2. The van der Waals surface area contributed by atoms with E-state index in [9.17, 15) is 34.5 Å². The number of anilines is 1. The molecule has 2 aliphatic heterocycles. The van der Waals surface area contributed by atoms with E-state index in [0.717, 1.165) is 11.0 Å². The summed E-state index contributed by atoms with van der Waals surface area (Å²) in [6.45, 7) is 0.0227. The van der Waals surface area contributed by atoms with Gasteiger partial charge in [-0.15, -0.1) is 0 Å². The number of carboxylic acids is 2. The Morgan fingerprint density at radius 2 is 1.36 bits per heavy atom. The molecule has 2 aliphatic carbocycles. The Bertz CT molecular complexity index is 3220. The van der Waals surface area contributed by atoms with Crippen LogP contribution >= 0.6 is 23.2 Å². The van der Waals surface area contributed by atoms with E-state index in [-0.39, 0.29) is 67.8 Å². The van der Waals surface area contributed by atoms with Gasteiger partial charge in [0.1, 0.15) is 42.5 Å². The largest absolute Gasteiger partial charge is 0.508 e. The van der Waals surface area contributed by atoms with E-state index in [1.165, 1.54) is 36.4 Å². The van der Waals surface area contributed by atoms with Gasteiger partial charge in [-0.05, 0) is 72.1 Å². The maximum Gasteiger partial charge on any atom is 0.337 e. The quantitative estimate of drug-likeness (QED) is 0.0814. The third-order valence-electron chi connectivity index (χ3n) is 10.6. The van der Waals surface area contributed by atoms with E-state index >= 15 is 0 Å². The predicted octanol–water partition coefficient (Wildman–Crippen LogP) is 8.56. The molecule has 0 atom stereocenters. The van der Waals surface area contributed by atoms with Crippen LogP contribution in [0.1, 0.15) is 36.6 Å². The molecule has 0 unspecified atom stereocenters. The first-order valence-corrected chi connectivity index (χ1v) is 19.6. The van der Waals surface area contributed by atoms with Crippen molar-refractivity contribution in [3.63, 3.8) is 0 Å². The third kappa shape index (κ3) is 7.40. The minimum absolute atomic E-state index is 0.0220. The molecule has 0 aromatic heterocycles. The number of fused-ring (bicyclic) bond motifs is 4. The number of nitrogens with one attached hydrogen (secondary N) is 1. The number of hydrogen-bond donors (Lipinski definition) is 4. The molecule has 61 heavy (non-hydrogen) atoms. The zero-order chi connectivity index (χ0) is 43.4. The van der Waals surface area contributed by atoms with Gasteiger partial charge in [0.2, 0.25) is 5.36 Å². The van der Waals surface area contributed by atoms with Gasteiger partial charge in [-0.25, -0.2) is 14.2 Å². The second kappa shape index (κ2) is 15.8. The van der Waals surface area contributed by atoms with Crippen LogP contribution in [0.25, 0.3) is 66.8 Å². The molecule has 0 radical (unpaired) electrons. The summed E-state index contributed by atoms with van der Waals surface area (Å²) in [6.07, 6.45) is 0.190. The first-order chi connectivity index (χ1) is 29.1. The van der Waals surface area contributed by atoms with Crippen LogP contribution in [0.15, 0.2) is 111 Å². The number of phenols is 1. The number of halogens is 2. The summed E-state index contributed by atoms with van der Waals surface area (Å²) in [5, 5.41) is 35.6. The van der Waals surface area contributed by atoms with Crippen molar-refractivity contribution < 1.29 is 38.5 Å². The number of amides is 1. The highest BCUT2D eigenvalue weighted by Gasteiger charge is 2.30. The average molecular weight is 858 g/mol. The summed E-state index contributed by atoms with van der Waals surface area (Å²) in [5.41, 5.74) is 3.83. The van der Waals surface area contributed by atoms with Crippen molar-refractivity contribution in [2.75, 3.05) is 39.6 Å². The normalized spacial score (nSPS) is 11.4. The molecule has 8 rings (SSSR count). The molecule has 0 saturated heterocycles. The van der Waals surface area contributed by atoms with Crippen LogP contribution < -0.4 is 25.6 Å². The standard InChI is InChI=1S/C47H35Cl2N3O9/c1-51(2)24-6-11-31-36(18-24)60-37-19-25(52(3)4)7-12-32(37)41(31)42-35(48)22-34(44(49)43(42)47(58)59)45(55)50-16-15-23-5-10-28(33(17-23)46(56)57)40-29-13-8-26(53)20-38(29)61-39-21-27(54)9-14-30(39)40/h5-14,17-22H,15-16H2,1-4H3,(H3-,50,53,54,55,56,57,58,59)/p+1. The fourth-order valence-electron chi connectivity index (χ4n) is 7.64. The van der Waals surface area contributed by atoms with Gasteiger partial charge in [0.05, 0.1) is 32.8 Å². The molecule has 12 nitrogen and oxygen atoms in total. The number of carbonyl (C=O) groups is 3. The zero-order valence-electron chi connectivity index (χ0n) is 33.1. The van der Waals surface area contributed by atoms with Crippen molar-refractivity contribution in [3.8, 4) is 50.7 Å². The average Bonchev–Trinajstić information content (AvgIpc) is 3.21. The number of aromatic carboxylic acids is 2. The van der Waals surface area contributed by atoms with Crippen LogP contribution in [0.4, 0.5) is 5.69 Å². The van der Waals surface area contributed by atoms with E-state index < -0.39 is 17.8 Å². The number of nitrogens with zero attached hydrogens (tertiary/aromatic N) is 2. The minimum Gasteiger partial charge on any atom is -0.508 e. The van der Waals surface area contributed by atoms with Gasteiger partial charge < -0.3 is 34.4 Å². The second-order valence-corrected chi connectivity index (χ2v) is 15.7. The number of phenolic OH excluding ortho intramolecular Hbond substituents is 1. The monoisotopic (exact) mass is 856 g/mol. The molecular weight excluding hydrogens is 821 g/mol. The van der Waals surface area contributed by atoms with Crippen LogP contribution in [-0.2, 0) is 6.42 Å². The summed E-state index contributed by atoms with van der Waals surface area (Å²) >= 11 is 13.8. The Hall–Kier alpha value is -7.15. The summed E-state index contributed by atoms with van der Waals surface area (Å²) in [7, 11) is 7.58. The predicted molar refractivity (Wildman–Crippen MR) is 236 cm³/mol. The Morgan fingerprint density at radius 1 is 0.705 bits per heavy atom. The van der Waals surface area contributed by atoms with Crippen LogP contribution in [0.2, 0.25) is 10.0 Å². The van der Waals surface area contributed by atoms with Gasteiger partial charge in [-0.1, -0.05) is 35.3 Å². The van der Waals surface area contributed by atoms with Crippen molar-refractivity contribution in [2.24, 2.45) is 0 Å². The van der Waals surface area contributed by atoms with Gasteiger partial charge in [0.15, 0.2) is 5.43 Å². The van der Waals surface area contributed by atoms with Crippen LogP contribution in [0, 0.1) is 0 Å². The van der Waals surface area contributed by atoms with Crippen molar-refractivity contribution in [3.05, 3.63) is 145 Å². The molecule has 4 aromatic rings. The molecule has 0 fully saturated rings. The lowest BCUT2D eigenvalue weighted by atomic mass is 9.89. The lowest BCUT2D eigenvalue weighted by molar-refractivity contribution is 0.0686. The Labute approximate surface area is 357 Å². The van der Waals surface area contributed by atoms with E-state index in [4.69, 9.17) is 32.0 Å². The molecule has 0 spiro atoms. The Morgan fingerprint density at radius 3 is 2.07 bits per heavy atom. The first kappa shape index (κ1) is 40.6. The molecular formula is C47H36Cl2N3O9+. The van der Waals surface area contributed by atoms with Gasteiger partial charge in [0.25, 0.3) is 5.91 Å². The fraction of sp³-hybridized carbons (Fsp3) is 0.128. The van der Waals surface area contributed by atoms with Crippen molar-refractivity contribution in [2.45, 2.75) is 6.42 Å². The number of aromatic hydroxyl groups is 1. The molecule has 14 heteroatoms. The molecule has 4 aromatic carbocycles. The van der Waals surface area contributed by atoms with E-state index in [0.29, 0.717) is 55.5 Å². The Balaban J connectivity index is 1.14. The van der Waals surface area contributed by atoms with E-state index in [2.05, 4.69) is 5.32 Å².